The Morgan fingerprint density at radius 3 is 2.54 bits per heavy atom. The lowest BCUT2D eigenvalue weighted by atomic mass is 10.3. The van der Waals surface area contributed by atoms with Crippen LogP contribution in [0.3, 0.4) is 0 Å². The standard InChI is InChI=1S/C8H13ClO4/c1-3-7(10)12-5-4-6(2)13-8(9)11/h6H,3-5H2,1-2H3/t6-/m1/s1. The van der Waals surface area contributed by atoms with Crippen molar-refractivity contribution < 1.29 is 19.1 Å². The van der Waals surface area contributed by atoms with E-state index in [1.165, 1.54) is 0 Å². The molecule has 0 radical (unpaired) electrons. The molecular formula is C8H13ClO4. The van der Waals surface area contributed by atoms with Crippen LogP contribution in [0.4, 0.5) is 4.79 Å². The lowest BCUT2D eigenvalue weighted by molar-refractivity contribution is -0.143. The predicted octanol–water partition coefficient (Wildman–Crippen LogP) is 2.09. The minimum atomic E-state index is -0.839. The second-order valence-electron chi connectivity index (χ2n) is 2.53. The summed E-state index contributed by atoms with van der Waals surface area (Å²) in [6, 6.07) is 0. The third-order valence-electron chi connectivity index (χ3n) is 1.37. The Morgan fingerprint density at radius 2 is 2.08 bits per heavy atom. The molecule has 4 nitrogen and oxygen atoms in total. The largest absolute Gasteiger partial charge is 0.466 e. The number of esters is 1. The quantitative estimate of drug-likeness (QED) is 0.513. The molecule has 0 aliphatic rings. The normalized spacial score (nSPS) is 11.9. The highest BCUT2D eigenvalue weighted by Gasteiger charge is 2.07. The number of hydrogen-bond acceptors (Lipinski definition) is 4. The lowest BCUT2D eigenvalue weighted by Crippen LogP contribution is -2.14. The molecule has 0 rings (SSSR count). The van der Waals surface area contributed by atoms with Crippen molar-refractivity contribution in [2.75, 3.05) is 6.61 Å². The van der Waals surface area contributed by atoms with Crippen LogP contribution in [-0.4, -0.2) is 24.1 Å². The van der Waals surface area contributed by atoms with Crippen LogP contribution < -0.4 is 0 Å². The molecule has 0 saturated heterocycles. The van der Waals surface area contributed by atoms with Crippen LogP contribution >= 0.6 is 11.6 Å². The summed E-state index contributed by atoms with van der Waals surface area (Å²) in [5, 5.41) is 0. The second-order valence-corrected chi connectivity index (χ2v) is 2.84. The molecular weight excluding hydrogens is 196 g/mol. The van der Waals surface area contributed by atoms with Crippen molar-refractivity contribution in [2.45, 2.75) is 32.8 Å². The second kappa shape index (κ2) is 6.71. The van der Waals surface area contributed by atoms with Gasteiger partial charge in [-0.05, 0) is 6.92 Å². The van der Waals surface area contributed by atoms with Crippen molar-refractivity contribution in [1.82, 2.24) is 0 Å². The molecule has 0 N–H and O–H groups in total. The van der Waals surface area contributed by atoms with Crippen molar-refractivity contribution in [3.63, 3.8) is 0 Å². The van der Waals surface area contributed by atoms with E-state index in [1.54, 1.807) is 13.8 Å². The van der Waals surface area contributed by atoms with Gasteiger partial charge >= 0.3 is 11.4 Å². The van der Waals surface area contributed by atoms with Crippen molar-refractivity contribution >= 4 is 23.0 Å². The number of rotatable bonds is 5. The third kappa shape index (κ3) is 7.59. The Bertz CT molecular complexity index is 181. The van der Waals surface area contributed by atoms with Gasteiger partial charge in [-0.15, -0.1) is 0 Å². The number of halogens is 1. The first-order valence-corrected chi connectivity index (χ1v) is 4.45. The highest BCUT2D eigenvalue weighted by Crippen LogP contribution is 2.01. The summed E-state index contributed by atoms with van der Waals surface area (Å²) in [4.78, 5) is 20.9. The van der Waals surface area contributed by atoms with Crippen LogP contribution in [0.5, 0.6) is 0 Å². The number of hydrogen-bond donors (Lipinski definition) is 0. The van der Waals surface area contributed by atoms with Gasteiger partial charge in [0.25, 0.3) is 0 Å². The van der Waals surface area contributed by atoms with Crippen molar-refractivity contribution in [2.24, 2.45) is 0 Å². The van der Waals surface area contributed by atoms with E-state index in [4.69, 9.17) is 16.3 Å². The van der Waals surface area contributed by atoms with E-state index in [2.05, 4.69) is 4.74 Å². The van der Waals surface area contributed by atoms with Gasteiger partial charge in [0.1, 0.15) is 6.10 Å². The molecule has 0 aromatic carbocycles. The molecule has 13 heavy (non-hydrogen) atoms. The summed E-state index contributed by atoms with van der Waals surface area (Å²) in [5.41, 5.74) is -0.839. The smallest absolute Gasteiger partial charge is 0.404 e. The van der Waals surface area contributed by atoms with Crippen LogP contribution in [0.25, 0.3) is 0 Å². The SMILES string of the molecule is CCC(=O)OCC[C@@H](C)OC(=O)Cl. The Morgan fingerprint density at radius 1 is 1.46 bits per heavy atom. The van der Waals surface area contributed by atoms with Crippen LogP contribution in [0.1, 0.15) is 26.7 Å². The highest BCUT2D eigenvalue weighted by molar-refractivity contribution is 6.61. The summed E-state index contributed by atoms with van der Waals surface area (Å²) < 4.78 is 9.37. The first-order chi connectivity index (χ1) is 6.06. The maximum Gasteiger partial charge on any atom is 0.404 e. The average Bonchev–Trinajstić information content (AvgIpc) is 2.02. The van der Waals surface area contributed by atoms with Crippen molar-refractivity contribution in [1.29, 1.82) is 0 Å². The lowest BCUT2D eigenvalue weighted by Gasteiger charge is -2.10. The van der Waals surface area contributed by atoms with Gasteiger partial charge in [0.15, 0.2) is 0 Å². The molecule has 0 heterocycles. The molecule has 0 bridgehead atoms. The van der Waals surface area contributed by atoms with Crippen molar-refractivity contribution in [3.8, 4) is 0 Å². The first kappa shape index (κ1) is 12.2. The summed E-state index contributed by atoms with van der Waals surface area (Å²) in [6.07, 6.45) is 0.489. The van der Waals surface area contributed by atoms with Gasteiger partial charge in [0.05, 0.1) is 6.61 Å². The van der Waals surface area contributed by atoms with E-state index < -0.39 is 5.43 Å². The maximum absolute atomic E-state index is 10.7. The molecule has 0 spiro atoms. The van der Waals surface area contributed by atoms with Gasteiger partial charge in [0, 0.05) is 24.4 Å². The summed E-state index contributed by atoms with van der Waals surface area (Å²) >= 11 is 4.97. The Labute approximate surface area is 82.1 Å². The third-order valence-corrected chi connectivity index (χ3v) is 1.46. The van der Waals surface area contributed by atoms with Gasteiger partial charge in [-0.25, -0.2) is 4.79 Å². The number of carbonyl (C=O) groups excluding carboxylic acids is 2. The zero-order chi connectivity index (χ0) is 10.3. The molecule has 0 aliphatic carbocycles. The molecule has 0 unspecified atom stereocenters. The van der Waals surface area contributed by atoms with E-state index in [0.29, 0.717) is 12.8 Å². The summed E-state index contributed by atoms with van der Waals surface area (Å²) in [5.74, 6) is -0.260. The van der Waals surface area contributed by atoms with E-state index in [1.807, 2.05) is 0 Å². The first-order valence-electron chi connectivity index (χ1n) is 4.08. The van der Waals surface area contributed by atoms with Gasteiger partial charge in [-0.3, -0.25) is 4.79 Å². The van der Waals surface area contributed by atoms with Crippen LogP contribution in [0.15, 0.2) is 0 Å². The van der Waals surface area contributed by atoms with Crippen LogP contribution in [0.2, 0.25) is 0 Å². The topological polar surface area (TPSA) is 52.6 Å². The van der Waals surface area contributed by atoms with Gasteiger partial charge in [0.2, 0.25) is 0 Å². The van der Waals surface area contributed by atoms with E-state index in [9.17, 15) is 9.59 Å². The van der Waals surface area contributed by atoms with E-state index >= 15 is 0 Å². The maximum atomic E-state index is 10.7. The summed E-state index contributed by atoms with van der Waals surface area (Å²) in [7, 11) is 0. The fourth-order valence-corrected chi connectivity index (χ4v) is 0.810. The number of carbonyl (C=O) groups is 2. The molecule has 0 fully saturated rings. The molecule has 5 heteroatoms. The Hall–Kier alpha value is -0.770. The summed E-state index contributed by atoms with van der Waals surface area (Å²) in [6.45, 7) is 3.64. The monoisotopic (exact) mass is 208 g/mol. The van der Waals surface area contributed by atoms with E-state index in [0.717, 1.165) is 0 Å². The molecule has 0 aromatic heterocycles. The van der Waals surface area contributed by atoms with E-state index in [-0.39, 0.29) is 18.7 Å². The van der Waals surface area contributed by atoms with Gasteiger partial charge < -0.3 is 9.47 Å². The highest BCUT2D eigenvalue weighted by atomic mass is 35.5. The molecule has 0 aliphatic heterocycles. The van der Waals surface area contributed by atoms with Crippen molar-refractivity contribution in [3.05, 3.63) is 0 Å². The van der Waals surface area contributed by atoms with Crippen LogP contribution in [-0.2, 0) is 14.3 Å². The fraction of sp³-hybridized carbons (Fsp3) is 0.750. The molecule has 0 saturated carbocycles. The molecule has 0 amide bonds. The molecule has 76 valence electrons. The number of ether oxygens (including phenoxy) is 2. The molecule has 0 aromatic rings. The van der Waals surface area contributed by atoms with Crippen LogP contribution in [0, 0.1) is 0 Å². The minimum Gasteiger partial charge on any atom is -0.466 e. The average molecular weight is 209 g/mol. The Kier molecular flexibility index (Phi) is 6.32. The van der Waals surface area contributed by atoms with Gasteiger partial charge in [-0.1, -0.05) is 6.92 Å². The zero-order valence-corrected chi connectivity index (χ0v) is 8.47. The predicted molar refractivity (Wildman–Crippen MR) is 47.7 cm³/mol. The fourth-order valence-electron chi connectivity index (χ4n) is 0.658. The zero-order valence-electron chi connectivity index (χ0n) is 7.71. The Balaban J connectivity index is 3.42. The minimum absolute atomic E-state index is 0.248. The van der Waals surface area contributed by atoms with Gasteiger partial charge in [-0.2, -0.15) is 0 Å². The molecule has 1 atom stereocenters.